The SMILES string of the molecule is COC(=O)C1=C[C@@H](NC(C)=O)[C@@H](OC(C)=O)[C@H]([C@@H](OC(C)=O)[C@@H](COC(C)=O)OC(C)=O)O1. The van der Waals surface area contributed by atoms with Crippen LogP contribution in [0.15, 0.2) is 11.8 Å². The first-order valence-corrected chi connectivity index (χ1v) is 9.74. The summed E-state index contributed by atoms with van der Waals surface area (Å²) in [6.07, 6.45) is -4.64. The number of carbonyl (C=O) groups is 6. The van der Waals surface area contributed by atoms with E-state index in [1.807, 2.05) is 0 Å². The maximum Gasteiger partial charge on any atom is 0.373 e. The molecule has 1 N–H and O–H groups in total. The molecule has 0 saturated carbocycles. The predicted octanol–water partition coefficient (Wildman–Crippen LogP) is -0.695. The van der Waals surface area contributed by atoms with Crippen molar-refractivity contribution < 1.29 is 57.2 Å². The third kappa shape index (κ3) is 8.79. The third-order valence-corrected chi connectivity index (χ3v) is 4.09. The van der Waals surface area contributed by atoms with Gasteiger partial charge in [0.1, 0.15) is 6.61 Å². The fourth-order valence-corrected chi connectivity index (χ4v) is 3.03. The highest BCUT2D eigenvalue weighted by Crippen LogP contribution is 2.28. The molecular weight excluding hydrogens is 446 g/mol. The zero-order valence-electron chi connectivity index (χ0n) is 19.1. The molecule has 13 heteroatoms. The highest BCUT2D eigenvalue weighted by atomic mass is 16.6. The van der Waals surface area contributed by atoms with Gasteiger partial charge in [-0.3, -0.25) is 24.0 Å². The molecule has 5 atom stereocenters. The third-order valence-electron chi connectivity index (χ3n) is 4.09. The van der Waals surface area contributed by atoms with Crippen LogP contribution in [0, 0.1) is 0 Å². The van der Waals surface area contributed by atoms with Gasteiger partial charge in [0.2, 0.25) is 11.7 Å². The Kier molecular flexibility index (Phi) is 10.3. The number of hydrogen-bond acceptors (Lipinski definition) is 12. The van der Waals surface area contributed by atoms with Crippen LogP contribution in [0.5, 0.6) is 0 Å². The maximum absolute atomic E-state index is 12.2. The van der Waals surface area contributed by atoms with Gasteiger partial charge in [0, 0.05) is 34.6 Å². The van der Waals surface area contributed by atoms with Gasteiger partial charge in [-0.15, -0.1) is 0 Å². The van der Waals surface area contributed by atoms with Crippen LogP contribution in [0.3, 0.4) is 0 Å². The van der Waals surface area contributed by atoms with Crippen molar-refractivity contribution in [3.63, 3.8) is 0 Å². The Morgan fingerprint density at radius 3 is 2.00 bits per heavy atom. The van der Waals surface area contributed by atoms with E-state index in [4.69, 9.17) is 23.7 Å². The van der Waals surface area contributed by atoms with Gasteiger partial charge in [-0.1, -0.05) is 0 Å². The van der Waals surface area contributed by atoms with Crippen LogP contribution in [-0.4, -0.2) is 79.9 Å². The first-order chi connectivity index (χ1) is 15.3. The van der Waals surface area contributed by atoms with Crippen LogP contribution in [0.4, 0.5) is 0 Å². The minimum absolute atomic E-state index is 0.393. The monoisotopic (exact) mass is 473 g/mol. The standard InChI is InChI=1S/C20H27NO12/c1-9(22)21-14-7-15(20(27)28-6)33-19(17(14)31-12(4)25)18(32-13(5)26)16(30-11(3)24)8-29-10(2)23/h7,14,16-19H,8H2,1-6H3,(H,21,22)/t14-,16-,17-,18+,19-/m1/s1. The van der Waals surface area contributed by atoms with Gasteiger partial charge >= 0.3 is 29.8 Å². The lowest BCUT2D eigenvalue weighted by molar-refractivity contribution is -0.200. The van der Waals surface area contributed by atoms with E-state index in [1.54, 1.807) is 0 Å². The summed E-state index contributed by atoms with van der Waals surface area (Å²) in [5, 5.41) is 2.50. The average molecular weight is 473 g/mol. The molecule has 33 heavy (non-hydrogen) atoms. The number of ether oxygens (including phenoxy) is 6. The Hall–Kier alpha value is -3.64. The van der Waals surface area contributed by atoms with Crippen LogP contribution >= 0.6 is 0 Å². The minimum atomic E-state index is -1.54. The van der Waals surface area contributed by atoms with Crippen molar-refractivity contribution in [1.29, 1.82) is 0 Å². The largest absolute Gasteiger partial charge is 0.475 e. The predicted molar refractivity (Wildman–Crippen MR) is 106 cm³/mol. The lowest BCUT2D eigenvalue weighted by Gasteiger charge is -2.40. The molecule has 1 amide bonds. The van der Waals surface area contributed by atoms with Crippen LogP contribution in [0.25, 0.3) is 0 Å². The number of carbonyl (C=O) groups excluding carboxylic acids is 6. The Balaban J connectivity index is 3.58. The van der Waals surface area contributed by atoms with Crippen molar-refractivity contribution in [3.8, 4) is 0 Å². The van der Waals surface area contributed by atoms with Crippen molar-refractivity contribution >= 4 is 35.8 Å². The summed E-state index contributed by atoms with van der Waals surface area (Å²) in [4.78, 5) is 70.6. The van der Waals surface area contributed by atoms with Gasteiger partial charge in [-0.05, 0) is 6.08 Å². The second-order valence-electron chi connectivity index (χ2n) is 6.93. The number of amides is 1. The quantitative estimate of drug-likeness (QED) is 0.331. The highest BCUT2D eigenvalue weighted by molar-refractivity contribution is 5.87. The molecule has 1 aliphatic heterocycles. The minimum Gasteiger partial charge on any atom is -0.475 e. The summed E-state index contributed by atoms with van der Waals surface area (Å²) in [7, 11) is 1.08. The summed E-state index contributed by atoms with van der Waals surface area (Å²) >= 11 is 0. The van der Waals surface area contributed by atoms with E-state index in [2.05, 4.69) is 10.1 Å². The van der Waals surface area contributed by atoms with Gasteiger partial charge in [0.15, 0.2) is 24.4 Å². The number of esters is 5. The van der Waals surface area contributed by atoms with Crippen molar-refractivity contribution in [2.45, 2.75) is 65.1 Å². The summed E-state index contributed by atoms with van der Waals surface area (Å²) in [6.45, 7) is 4.95. The number of hydrogen-bond donors (Lipinski definition) is 1. The van der Waals surface area contributed by atoms with E-state index in [0.717, 1.165) is 40.9 Å². The smallest absolute Gasteiger partial charge is 0.373 e. The van der Waals surface area contributed by atoms with Crippen molar-refractivity contribution in [1.82, 2.24) is 5.32 Å². The van der Waals surface area contributed by atoms with E-state index in [1.165, 1.54) is 6.92 Å². The van der Waals surface area contributed by atoms with E-state index in [-0.39, 0.29) is 0 Å². The van der Waals surface area contributed by atoms with Gasteiger partial charge in [0.05, 0.1) is 13.2 Å². The Morgan fingerprint density at radius 2 is 1.55 bits per heavy atom. The van der Waals surface area contributed by atoms with Crippen molar-refractivity contribution in [3.05, 3.63) is 11.8 Å². The van der Waals surface area contributed by atoms with Gasteiger partial charge in [0.25, 0.3) is 0 Å². The molecule has 13 nitrogen and oxygen atoms in total. The van der Waals surface area contributed by atoms with Gasteiger partial charge < -0.3 is 33.7 Å². The molecule has 1 rings (SSSR count). The lowest BCUT2D eigenvalue weighted by atomic mass is 9.93. The Morgan fingerprint density at radius 1 is 0.939 bits per heavy atom. The van der Waals surface area contributed by atoms with Crippen LogP contribution in [0.2, 0.25) is 0 Å². The molecule has 184 valence electrons. The highest BCUT2D eigenvalue weighted by Gasteiger charge is 2.49. The van der Waals surface area contributed by atoms with Crippen molar-refractivity contribution in [2.24, 2.45) is 0 Å². The molecule has 1 aliphatic rings. The van der Waals surface area contributed by atoms with E-state index in [0.29, 0.717) is 0 Å². The summed E-state index contributed by atoms with van der Waals surface area (Å²) < 4.78 is 31.0. The Labute approximate surface area is 189 Å². The molecule has 0 bridgehead atoms. The van der Waals surface area contributed by atoms with Crippen LogP contribution < -0.4 is 5.32 Å². The summed E-state index contributed by atoms with van der Waals surface area (Å²) in [6, 6.07) is -1.12. The maximum atomic E-state index is 12.2. The molecule has 0 fully saturated rings. The molecule has 0 aromatic carbocycles. The molecule has 0 spiro atoms. The lowest BCUT2D eigenvalue weighted by Crippen LogP contribution is -2.60. The average Bonchev–Trinajstić information content (AvgIpc) is 2.68. The number of nitrogens with one attached hydrogen (secondary N) is 1. The first-order valence-electron chi connectivity index (χ1n) is 9.74. The second kappa shape index (κ2) is 12.4. The molecule has 0 saturated heterocycles. The van der Waals surface area contributed by atoms with E-state index in [9.17, 15) is 28.8 Å². The van der Waals surface area contributed by atoms with Crippen LogP contribution in [-0.2, 0) is 57.2 Å². The Bertz CT molecular complexity index is 820. The summed E-state index contributed by atoms with van der Waals surface area (Å²) in [5.41, 5.74) is 0. The van der Waals surface area contributed by atoms with Gasteiger partial charge in [-0.2, -0.15) is 0 Å². The first kappa shape index (κ1) is 27.4. The molecule has 0 aromatic rings. The summed E-state index contributed by atoms with van der Waals surface area (Å²) in [5.74, 6) is -5.05. The van der Waals surface area contributed by atoms with Crippen LogP contribution in [0.1, 0.15) is 34.6 Å². The topological polar surface area (TPSA) is 170 Å². The fraction of sp³-hybridized carbons (Fsp3) is 0.600. The second-order valence-corrected chi connectivity index (χ2v) is 6.93. The molecule has 1 heterocycles. The molecular formula is C20H27NO12. The van der Waals surface area contributed by atoms with E-state index < -0.39 is 78.6 Å². The van der Waals surface area contributed by atoms with E-state index >= 15 is 0 Å². The zero-order chi connectivity index (χ0) is 25.3. The number of methoxy groups -OCH3 is 1. The molecule has 0 aliphatic carbocycles. The zero-order valence-corrected chi connectivity index (χ0v) is 19.1. The fourth-order valence-electron chi connectivity index (χ4n) is 3.03. The van der Waals surface area contributed by atoms with Gasteiger partial charge in [-0.25, -0.2) is 4.79 Å². The molecule has 0 aromatic heterocycles. The normalized spacial score (nSPS) is 21.2. The molecule has 0 radical (unpaired) electrons. The molecule has 0 unspecified atom stereocenters. The van der Waals surface area contributed by atoms with Crippen molar-refractivity contribution in [2.75, 3.05) is 13.7 Å². The number of rotatable bonds is 9.